The van der Waals surface area contributed by atoms with E-state index in [1.807, 2.05) is 0 Å². The van der Waals surface area contributed by atoms with E-state index < -0.39 is 0 Å². The van der Waals surface area contributed by atoms with Gasteiger partial charge in [0.25, 0.3) is 0 Å². The third kappa shape index (κ3) is 1.57. The Morgan fingerprint density at radius 2 is 2.45 bits per heavy atom. The molecule has 2 nitrogen and oxygen atoms in total. The average Bonchev–Trinajstić information content (AvgIpc) is 2.79. The number of hydrogen-bond acceptors (Lipinski definition) is 2. The summed E-state index contributed by atoms with van der Waals surface area (Å²) in [5.41, 5.74) is 0. The predicted octanol–water partition coefficient (Wildman–Crippen LogP) is 1.12. The first-order valence-electron chi connectivity index (χ1n) is 4.65. The molecule has 1 heterocycles. The molecule has 0 aromatic rings. The molecule has 1 aliphatic heterocycles. The Kier molecular flexibility index (Phi) is 2.14. The zero-order valence-electron chi connectivity index (χ0n) is 7.25. The molecule has 0 spiro atoms. The van der Waals surface area contributed by atoms with Crippen LogP contribution >= 0.6 is 0 Å². The van der Waals surface area contributed by atoms with Crippen molar-refractivity contribution in [2.45, 2.75) is 25.3 Å². The van der Waals surface area contributed by atoms with E-state index in [1.165, 1.54) is 25.8 Å². The lowest BCUT2D eigenvalue weighted by atomic mass is 10.1. The van der Waals surface area contributed by atoms with Crippen LogP contribution in [0.3, 0.4) is 0 Å². The SMILES string of the molecule is COCCN1CCC[C@@H]2CC21. The van der Waals surface area contributed by atoms with Gasteiger partial charge in [0.2, 0.25) is 0 Å². The third-order valence-corrected chi connectivity index (χ3v) is 2.96. The van der Waals surface area contributed by atoms with E-state index in [-0.39, 0.29) is 0 Å². The largest absolute Gasteiger partial charge is 0.383 e. The summed E-state index contributed by atoms with van der Waals surface area (Å²) in [6.45, 7) is 3.37. The number of likely N-dealkylation sites (tertiary alicyclic amines) is 1. The Hall–Kier alpha value is -0.0800. The maximum Gasteiger partial charge on any atom is 0.0589 e. The van der Waals surface area contributed by atoms with Gasteiger partial charge in [0.05, 0.1) is 6.61 Å². The molecule has 1 aliphatic carbocycles. The summed E-state index contributed by atoms with van der Waals surface area (Å²) in [5.74, 6) is 1.06. The number of nitrogens with zero attached hydrogens (tertiary/aromatic N) is 1. The number of fused-ring (bicyclic) bond motifs is 1. The molecule has 11 heavy (non-hydrogen) atoms. The molecule has 0 N–H and O–H groups in total. The average molecular weight is 155 g/mol. The van der Waals surface area contributed by atoms with Gasteiger partial charge in [0.15, 0.2) is 0 Å². The van der Waals surface area contributed by atoms with E-state index >= 15 is 0 Å². The van der Waals surface area contributed by atoms with Crippen molar-refractivity contribution in [3.8, 4) is 0 Å². The van der Waals surface area contributed by atoms with Crippen molar-refractivity contribution in [3.05, 3.63) is 0 Å². The number of piperidine rings is 1. The van der Waals surface area contributed by atoms with E-state index in [2.05, 4.69) is 4.90 Å². The van der Waals surface area contributed by atoms with Gasteiger partial charge in [-0.1, -0.05) is 0 Å². The van der Waals surface area contributed by atoms with Gasteiger partial charge in [0, 0.05) is 19.7 Å². The summed E-state index contributed by atoms with van der Waals surface area (Å²) in [5, 5.41) is 0. The van der Waals surface area contributed by atoms with Gasteiger partial charge in [-0.25, -0.2) is 0 Å². The molecular weight excluding hydrogens is 138 g/mol. The lowest BCUT2D eigenvalue weighted by Crippen LogP contribution is -2.34. The normalized spacial score (nSPS) is 36.8. The Morgan fingerprint density at radius 3 is 3.27 bits per heavy atom. The van der Waals surface area contributed by atoms with Crippen LogP contribution in [-0.4, -0.2) is 37.7 Å². The van der Waals surface area contributed by atoms with Crippen molar-refractivity contribution in [1.82, 2.24) is 4.90 Å². The summed E-state index contributed by atoms with van der Waals surface area (Å²) in [4.78, 5) is 2.59. The van der Waals surface area contributed by atoms with Gasteiger partial charge >= 0.3 is 0 Å². The number of rotatable bonds is 3. The van der Waals surface area contributed by atoms with Crippen LogP contribution in [0.1, 0.15) is 19.3 Å². The van der Waals surface area contributed by atoms with Gasteiger partial charge < -0.3 is 4.74 Å². The molecule has 0 aromatic heterocycles. The van der Waals surface area contributed by atoms with E-state index in [9.17, 15) is 0 Å². The van der Waals surface area contributed by atoms with Crippen LogP contribution in [0.4, 0.5) is 0 Å². The van der Waals surface area contributed by atoms with Crippen LogP contribution in [0.25, 0.3) is 0 Å². The highest BCUT2D eigenvalue weighted by molar-refractivity contribution is 4.97. The molecule has 0 aromatic carbocycles. The summed E-state index contributed by atoms with van der Waals surface area (Å²) in [6, 6.07) is 0.943. The first-order valence-corrected chi connectivity index (χ1v) is 4.65. The fraction of sp³-hybridized carbons (Fsp3) is 1.00. The quantitative estimate of drug-likeness (QED) is 0.605. The highest BCUT2D eigenvalue weighted by atomic mass is 16.5. The number of methoxy groups -OCH3 is 1. The van der Waals surface area contributed by atoms with Crippen LogP contribution in [-0.2, 0) is 4.74 Å². The Labute approximate surface area is 68.5 Å². The van der Waals surface area contributed by atoms with Gasteiger partial charge in [-0.05, 0) is 31.7 Å². The molecule has 2 rings (SSSR count). The van der Waals surface area contributed by atoms with Crippen molar-refractivity contribution in [2.75, 3.05) is 26.8 Å². The molecule has 2 fully saturated rings. The van der Waals surface area contributed by atoms with Gasteiger partial charge in [-0.3, -0.25) is 4.90 Å². The minimum absolute atomic E-state index is 0.906. The summed E-state index contributed by atoms with van der Waals surface area (Å²) in [6.07, 6.45) is 4.35. The van der Waals surface area contributed by atoms with Crippen molar-refractivity contribution in [2.24, 2.45) is 5.92 Å². The van der Waals surface area contributed by atoms with E-state index in [4.69, 9.17) is 4.74 Å². The molecule has 0 radical (unpaired) electrons. The lowest BCUT2D eigenvalue weighted by molar-refractivity contribution is 0.129. The molecule has 2 heteroatoms. The minimum Gasteiger partial charge on any atom is -0.383 e. The highest BCUT2D eigenvalue weighted by Crippen LogP contribution is 2.42. The smallest absolute Gasteiger partial charge is 0.0589 e. The molecule has 2 atom stereocenters. The molecular formula is C9H17NO. The van der Waals surface area contributed by atoms with Crippen LogP contribution < -0.4 is 0 Å². The Morgan fingerprint density at radius 1 is 1.55 bits per heavy atom. The second-order valence-corrected chi connectivity index (χ2v) is 3.73. The Bertz CT molecular complexity index is 138. The van der Waals surface area contributed by atoms with Gasteiger partial charge in [-0.2, -0.15) is 0 Å². The maximum absolute atomic E-state index is 5.07. The molecule has 1 unspecified atom stereocenters. The van der Waals surface area contributed by atoms with Crippen LogP contribution in [0.15, 0.2) is 0 Å². The number of hydrogen-bond donors (Lipinski definition) is 0. The molecule has 1 saturated carbocycles. The monoisotopic (exact) mass is 155 g/mol. The van der Waals surface area contributed by atoms with E-state index in [0.717, 1.165) is 25.1 Å². The zero-order valence-corrected chi connectivity index (χ0v) is 7.25. The minimum atomic E-state index is 0.906. The third-order valence-electron chi connectivity index (χ3n) is 2.96. The van der Waals surface area contributed by atoms with Crippen LogP contribution in [0.2, 0.25) is 0 Å². The Balaban J connectivity index is 1.75. The first kappa shape index (κ1) is 7.56. The summed E-state index contributed by atoms with van der Waals surface area (Å²) < 4.78 is 5.07. The standard InChI is InChI=1S/C9H17NO/c1-11-6-5-10-4-2-3-8-7-9(8)10/h8-9H,2-7H2,1H3/t8-,9?/m1/s1. The van der Waals surface area contributed by atoms with Crippen molar-refractivity contribution >= 4 is 0 Å². The molecule has 0 amide bonds. The summed E-state index contributed by atoms with van der Waals surface area (Å²) in [7, 11) is 1.79. The molecule has 2 aliphatic rings. The van der Waals surface area contributed by atoms with Gasteiger partial charge in [0.1, 0.15) is 0 Å². The summed E-state index contributed by atoms with van der Waals surface area (Å²) >= 11 is 0. The predicted molar refractivity (Wildman–Crippen MR) is 44.6 cm³/mol. The molecule has 0 bridgehead atoms. The van der Waals surface area contributed by atoms with Crippen molar-refractivity contribution in [1.29, 1.82) is 0 Å². The molecule has 1 saturated heterocycles. The first-order chi connectivity index (χ1) is 5.42. The maximum atomic E-state index is 5.07. The second-order valence-electron chi connectivity index (χ2n) is 3.73. The van der Waals surface area contributed by atoms with E-state index in [1.54, 1.807) is 7.11 Å². The fourth-order valence-corrected chi connectivity index (χ4v) is 2.20. The van der Waals surface area contributed by atoms with Crippen LogP contribution in [0.5, 0.6) is 0 Å². The van der Waals surface area contributed by atoms with Crippen molar-refractivity contribution in [3.63, 3.8) is 0 Å². The van der Waals surface area contributed by atoms with Gasteiger partial charge in [-0.15, -0.1) is 0 Å². The number of ether oxygens (including phenoxy) is 1. The van der Waals surface area contributed by atoms with Crippen molar-refractivity contribution < 1.29 is 4.74 Å². The second kappa shape index (κ2) is 3.11. The highest BCUT2D eigenvalue weighted by Gasteiger charge is 2.43. The lowest BCUT2D eigenvalue weighted by Gasteiger charge is -2.25. The van der Waals surface area contributed by atoms with E-state index in [0.29, 0.717) is 0 Å². The fourth-order valence-electron chi connectivity index (χ4n) is 2.20. The van der Waals surface area contributed by atoms with Crippen LogP contribution in [0, 0.1) is 5.92 Å². The molecule has 64 valence electrons. The topological polar surface area (TPSA) is 12.5 Å². The zero-order chi connectivity index (χ0) is 7.68.